The summed E-state index contributed by atoms with van der Waals surface area (Å²) in [5.41, 5.74) is 1.29. The number of carbonyl (C=O) groups is 1. The number of imidazole rings is 1. The van der Waals surface area contributed by atoms with Crippen molar-refractivity contribution in [3.05, 3.63) is 59.0 Å². The van der Waals surface area contributed by atoms with Gasteiger partial charge in [-0.1, -0.05) is 12.1 Å². The van der Waals surface area contributed by atoms with Gasteiger partial charge in [0.1, 0.15) is 23.0 Å². The Hall–Kier alpha value is -3.60. The van der Waals surface area contributed by atoms with Gasteiger partial charge in [-0.15, -0.1) is 24.5 Å². The van der Waals surface area contributed by atoms with Crippen molar-refractivity contribution < 1.29 is 27.4 Å². The molecule has 5 rings (SSSR count). The summed E-state index contributed by atoms with van der Waals surface area (Å²) in [7, 11) is 1.59. The molecule has 1 saturated heterocycles. The highest BCUT2D eigenvalue weighted by Gasteiger charge is 2.45. The highest BCUT2D eigenvalue weighted by molar-refractivity contribution is 7.15. The number of methoxy groups -OCH3 is 1. The number of amides is 1. The summed E-state index contributed by atoms with van der Waals surface area (Å²) < 4.78 is 47.3. The Labute approximate surface area is 208 Å². The molecule has 0 saturated carbocycles. The van der Waals surface area contributed by atoms with Gasteiger partial charge in [-0.2, -0.15) is 0 Å². The monoisotopic (exact) mass is 516 g/mol. The van der Waals surface area contributed by atoms with Crippen molar-refractivity contribution in [1.29, 1.82) is 0 Å². The van der Waals surface area contributed by atoms with Gasteiger partial charge in [0, 0.05) is 12.6 Å². The SMILES string of the molecule is COc1cccc(-c2sc(C)nc2C(=O)N2CCCC2(C)c2nc3ccc(OC(F)(F)F)cc3[nH]2)c1. The summed E-state index contributed by atoms with van der Waals surface area (Å²) in [5.74, 6) is 0.621. The average molecular weight is 517 g/mol. The first kappa shape index (κ1) is 24.1. The molecule has 0 bridgehead atoms. The zero-order chi connectivity index (χ0) is 25.7. The fourth-order valence-corrected chi connectivity index (χ4v) is 5.54. The lowest BCUT2D eigenvalue weighted by atomic mass is 9.97. The van der Waals surface area contributed by atoms with Crippen molar-refractivity contribution in [3.8, 4) is 21.9 Å². The maximum atomic E-state index is 13.9. The number of halogens is 3. The summed E-state index contributed by atoms with van der Waals surface area (Å²) in [6.45, 7) is 4.27. The number of hydrogen-bond acceptors (Lipinski definition) is 6. The predicted molar refractivity (Wildman–Crippen MR) is 129 cm³/mol. The average Bonchev–Trinajstić information content (AvgIpc) is 3.54. The second kappa shape index (κ2) is 8.81. The predicted octanol–water partition coefficient (Wildman–Crippen LogP) is 6.05. The number of aromatic amines is 1. The van der Waals surface area contributed by atoms with Gasteiger partial charge in [-0.3, -0.25) is 4.79 Å². The topological polar surface area (TPSA) is 80.3 Å². The number of likely N-dealkylation sites (tertiary alicyclic amines) is 1. The largest absolute Gasteiger partial charge is 0.573 e. The molecule has 4 aromatic rings. The third-order valence-electron chi connectivity index (χ3n) is 6.35. The van der Waals surface area contributed by atoms with Gasteiger partial charge in [0.15, 0.2) is 0 Å². The zero-order valence-corrected chi connectivity index (χ0v) is 20.6. The molecule has 1 N–H and O–H groups in total. The maximum Gasteiger partial charge on any atom is 0.573 e. The van der Waals surface area contributed by atoms with Crippen LogP contribution in [0.4, 0.5) is 13.2 Å². The third-order valence-corrected chi connectivity index (χ3v) is 7.37. The smallest absolute Gasteiger partial charge is 0.497 e. The second-order valence-corrected chi connectivity index (χ2v) is 9.99. The van der Waals surface area contributed by atoms with Crippen molar-refractivity contribution in [3.63, 3.8) is 0 Å². The molecule has 188 valence electrons. The Bertz CT molecular complexity index is 1450. The number of rotatable bonds is 5. The summed E-state index contributed by atoms with van der Waals surface area (Å²) in [5, 5.41) is 0.762. The van der Waals surface area contributed by atoms with Gasteiger partial charge >= 0.3 is 6.36 Å². The van der Waals surface area contributed by atoms with Crippen molar-refractivity contribution in [2.75, 3.05) is 13.7 Å². The van der Waals surface area contributed by atoms with E-state index in [2.05, 4.69) is 19.7 Å². The molecule has 36 heavy (non-hydrogen) atoms. The minimum atomic E-state index is -4.79. The van der Waals surface area contributed by atoms with E-state index in [1.54, 1.807) is 12.0 Å². The number of fused-ring (bicyclic) bond motifs is 1. The Morgan fingerprint density at radius 3 is 2.72 bits per heavy atom. The summed E-state index contributed by atoms with van der Waals surface area (Å²) in [6, 6.07) is 11.4. The standard InChI is InChI=1S/C25H23F3N4O3S/c1-14-29-20(21(36-14)15-6-4-7-16(12-15)34-3)22(33)32-11-5-10-24(32,2)23-30-18-9-8-17(13-19(18)31-23)35-25(26,27)28/h4,6-9,12-13H,5,10-11H2,1-3H3,(H,30,31). The Morgan fingerprint density at radius 1 is 1.17 bits per heavy atom. The van der Waals surface area contributed by atoms with Gasteiger partial charge in [0.25, 0.3) is 5.91 Å². The van der Waals surface area contributed by atoms with E-state index < -0.39 is 11.9 Å². The first-order chi connectivity index (χ1) is 17.1. The molecule has 3 heterocycles. The van der Waals surface area contributed by atoms with Crippen LogP contribution >= 0.6 is 11.3 Å². The first-order valence-corrected chi connectivity index (χ1v) is 12.1. The minimum Gasteiger partial charge on any atom is -0.497 e. The van der Waals surface area contributed by atoms with Crippen LogP contribution in [0.15, 0.2) is 42.5 Å². The van der Waals surface area contributed by atoms with Crippen LogP contribution in [0, 0.1) is 6.92 Å². The van der Waals surface area contributed by atoms with E-state index in [1.165, 1.54) is 29.5 Å². The summed E-state index contributed by atoms with van der Waals surface area (Å²) in [4.78, 5) is 28.7. The number of ether oxygens (including phenoxy) is 2. The number of thiazole rings is 1. The van der Waals surface area contributed by atoms with Crippen molar-refractivity contribution in [1.82, 2.24) is 19.9 Å². The molecule has 1 atom stereocenters. The number of aryl methyl sites for hydroxylation is 1. The highest BCUT2D eigenvalue weighted by atomic mass is 32.1. The van der Waals surface area contributed by atoms with Crippen molar-refractivity contribution >= 4 is 28.3 Å². The fourth-order valence-electron chi connectivity index (χ4n) is 4.64. The van der Waals surface area contributed by atoms with Crippen LogP contribution in [0.3, 0.4) is 0 Å². The van der Waals surface area contributed by atoms with Crippen molar-refractivity contribution in [2.45, 2.75) is 38.6 Å². The molecule has 0 radical (unpaired) electrons. The van der Waals surface area contributed by atoms with E-state index in [0.717, 1.165) is 21.9 Å². The van der Waals surface area contributed by atoms with Gasteiger partial charge in [-0.05, 0) is 56.5 Å². The molecule has 0 aliphatic carbocycles. The van der Waals surface area contributed by atoms with Gasteiger partial charge in [0.05, 0.1) is 33.6 Å². The molecule has 1 aliphatic rings. The molecule has 1 fully saturated rings. The molecule has 1 aliphatic heterocycles. The number of nitrogens with zero attached hydrogens (tertiary/aromatic N) is 3. The first-order valence-electron chi connectivity index (χ1n) is 11.3. The maximum absolute atomic E-state index is 13.9. The number of benzene rings is 2. The van der Waals surface area contributed by atoms with E-state index in [9.17, 15) is 18.0 Å². The van der Waals surface area contributed by atoms with E-state index in [4.69, 9.17) is 4.74 Å². The molecule has 1 amide bonds. The van der Waals surface area contributed by atoms with Gasteiger partial charge in [0.2, 0.25) is 0 Å². The molecule has 1 unspecified atom stereocenters. The second-order valence-electron chi connectivity index (χ2n) is 8.79. The Balaban J connectivity index is 1.50. The molecule has 0 spiro atoms. The minimum absolute atomic E-state index is 0.223. The zero-order valence-electron chi connectivity index (χ0n) is 19.8. The van der Waals surface area contributed by atoms with Gasteiger partial charge < -0.3 is 19.4 Å². The highest BCUT2D eigenvalue weighted by Crippen LogP contribution is 2.41. The van der Waals surface area contributed by atoms with E-state index in [1.807, 2.05) is 38.1 Å². The number of aromatic nitrogens is 3. The lowest BCUT2D eigenvalue weighted by Crippen LogP contribution is -2.44. The van der Waals surface area contributed by atoms with Gasteiger partial charge in [-0.25, -0.2) is 9.97 Å². The van der Waals surface area contributed by atoms with E-state index >= 15 is 0 Å². The summed E-state index contributed by atoms with van der Waals surface area (Å²) in [6.07, 6.45) is -3.40. The van der Waals surface area contributed by atoms with Crippen LogP contribution in [0.25, 0.3) is 21.5 Å². The number of H-pyrrole nitrogens is 1. The molecule has 2 aromatic carbocycles. The molecule has 7 nitrogen and oxygen atoms in total. The normalized spacial score (nSPS) is 18.1. The number of carbonyl (C=O) groups excluding carboxylic acids is 1. The van der Waals surface area contributed by atoms with Crippen LogP contribution in [-0.2, 0) is 5.54 Å². The Kier molecular flexibility index (Phi) is 5.90. The van der Waals surface area contributed by atoms with Crippen LogP contribution in [0.1, 0.15) is 41.1 Å². The van der Waals surface area contributed by atoms with Crippen LogP contribution in [-0.4, -0.2) is 45.8 Å². The quantitative estimate of drug-likeness (QED) is 0.349. The number of hydrogen-bond donors (Lipinski definition) is 1. The number of nitrogens with one attached hydrogen (secondary N) is 1. The molecular formula is C25H23F3N4O3S. The third kappa shape index (κ3) is 4.39. The van der Waals surface area contributed by atoms with Crippen molar-refractivity contribution in [2.24, 2.45) is 0 Å². The summed E-state index contributed by atoms with van der Waals surface area (Å²) >= 11 is 1.44. The number of alkyl halides is 3. The molecule has 2 aromatic heterocycles. The van der Waals surface area contributed by atoms with Crippen LogP contribution in [0.2, 0.25) is 0 Å². The molecule has 11 heteroatoms. The fraction of sp³-hybridized carbons (Fsp3) is 0.320. The van der Waals surface area contributed by atoms with E-state index in [-0.39, 0.29) is 11.7 Å². The molecular weight excluding hydrogens is 493 g/mol. The van der Waals surface area contributed by atoms with Crippen LogP contribution in [0.5, 0.6) is 11.5 Å². The lowest BCUT2D eigenvalue weighted by Gasteiger charge is -2.33. The van der Waals surface area contributed by atoms with Crippen LogP contribution < -0.4 is 9.47 Å². The Morgan fingerprint density at radius 2 is 1.97 bits per heavy atom. The van der Waals surface area contributed by atoms with E-state index in [0.29, 0.717) is 41.3 Å². The lowest BCUT2D eigenvalue weighted by molar-refractivity contribution is -0.274.